The summed E-state index contributed by atoms with van der Waals surface area (Å²) in [6.45, 7) is 9.80. The fourth-order valence-corrected chi connectivity index (χ4v) is 2.46. The first-order valence-corrected chi connectivity index (χ1v) is 7.21. The van der Waals surface area contributed by atoms with Gasteiger partial charge in [-0.3, -0.25) is 19.7 Å². The number of likely N-dealkylation sites (tertiary alicyclic amines) is 1. The van der Waals surface area contributed by atoms with Crippen LogP contribution in [0, 0.1) is 0 Å². The summed E-state index contributed by atoms with van der Waals surface area (Å²) >= 11 is 0. The number of piperidine rings is 1. The number of nitrogens with one attached hydrogen (secondary N) is 1. The summed E-state index contributed by atoms with van der Waals surface area (Å²) in [5.41, 5.74) is 1.46. The van der Waals surface area contributed by atoms with Crippen molar-refractivity contribution in [2.45, 2.75) is 39.7 Å². The molecular weight excluding hydrogens is 268 g/mol. The maximum atomic E-state index is 12.3. The summed E-state index contributed by atoms with van der Waals surface area (Å²) in [5, 5.41) is 2.28. The van der Waals surface area contributed by atoms with Crippen LogP contribution in [0.25, 0.3) is 0 Å². The summed E-state index contributed by atoms with van der Waals surface area (Å²) < 4.78 is 0. The highest BCUT2D eigenvalue weighted by atomic mass is 16.2. The second kappa shape index (κ2) is 7.57. The van der Waals surface area contributed by atoms with E-state index in [4.69, 9.17) is 0 Å². The number of allylic oxidation sites excluding steroid dienone is 3. The molecule has 3 amide bonds. The van der Waals surface area contributed by atoms with Gasteiger partial charge >= 0.3 is 0 Å². The monoisotopic (exact) mass is 290 g/mol. The Morgan fingerprint density at radius 1 is 1.29 bits per heavy atom. The standard InChI is InChI=1S/C14H16N2O3.C2H6/c1-3-5-9-8-16(14(19)10(9)4-2)11-6-7-12(17)15-13(11)18;1-2/h3-5,11H,1,6-8H2,2H3,(H,15,17,18);1-2H3/b9-5-,10-4+;. The molecule has 2 heterocycles. The molecule has 2 aliphatic rings. The first kappa shape index (κ1) is 16.9. The molecule has 0 aromatic carbocycles. The van der Waals surface area contributed by atoms with Crippen molar-refractivity contribution in [3.63, 3.8) is 0 Å². The number of amides is 3. The van der Waals surface area contributed by atoms with Crippen LogP contribution in [-0.2, 0) is 14.4 Å². The van der Waals surface area contributed by atoms with Crippen LogP contribution in [0.2, 0.25) is 0 Å². The largest absolute Gasteiger partial charge is 0.322 e. The molecule has 0 radical (unpaired) electrons. The van der Waals surface area contributed by atoms with Crippen LogP contribution in [0.15, 0.2) is 36.0 Å². The minimum Gasteiger partial charge on any atom is -0.322 e. The maximum absolute atomic E-state index is 12.3. The lowest BCUT2D eigenvalue weighted by molar-refractivity contribution is -0.142. The predicted molar refractivity (Wildman–Crippen MR) is 81.3 cm³/mol. The van der Waals surface area contributed by atoms with E-state index in [1.165, 1.54) is 4.90 Å². The second-order valence-electron chi connectivity index (χ2n) is 4.53. The number of carbonyl (C=O) groups is 3. The number of nitrogens with zero attached hydrogens (tertiary/aromatic N) is 1. The smallest absolute Gasteiger partial charge is 0.254 e. The van der Waals surface area contributed by atoms with Crippen LogP contribution < -0.4 is 5.32 Å². The summed E-state index contributed by atoms with van der Waals surface area (Å²) in [5.74, 6) is -0.828. The van der Waals surface area contributed by atoms with E-state index in [1.807, 2.05) is 13.8 Å². The first-order chi connectivity index (χ1) is 10.1. The Bertz CT molecular complexity index is 518. The van der Waals surface area contributed by atoms with E-state index in [0.29, 0.717) is 18.5 Å². The fraction of sp³-hybridized carbons (Fsp3) is 0.438. The van der Waals surface area contributed by atoms with E-state index < -0.39 is 6.04 Å². The van der Waals surface area contributed by atoms with Crippen molar-refractivity contribution in [3.05, 3.63) is 36.0 Å². The highest BCUT2D eigenvalue weighted by molar-refractivity contribution is 6.06. The van der Waals surface area contributed by atoms with Gasteiger partial charge < -0.3 is 4.90 Å². The lowest BCUT2D eigenvalue weighted by atomic mass is 10.0. The Morgan fingerprint density at radius 2 is 1.95 bits per heavy atom. The Kier molecular flexibility index (Phi) is 6.09. The third-order valence-electron chi connectivity index (χ3n) is 3.37. The molecule has 0 aromatic heterocycles. The second-order valence-corrected chi connectivity index (χ2v) is 4.53. The normalized spacial score (nSPS) is 25.8. The van der Waals surface area contributed by atoms with E-state index in [2.05, 4.69) is 11.9 Å². The number of rotatable bonds is 2. The van der Waals surface area contributed by atoms with Crippen molar-refractivity contribution >= 4 is 17.7 Å². The highest BCUT2D eigenvalue weighted by Crippen LogP contribution is 2.27. The molecule has 5 heteroatoms. The van der Waals surface area contributed by atoms with Crippen molar-refractivity contribution < 1.29 is 14.4 Å². The van der Waals surface area contributed by atoms with Crippen LogP contribution in [0.5, 0.6) is 0 Å². The van der Waals surface area contributed by atoms with Crippen LogP contribution in [0.1, 0.15) is 33.6 Å². The quantitative estimate of drug-likeness (QED) is 0.622. The van der Waals surface area contributed by atoms with E-state index in [-0.39, 0.29) is 24.1 Å². The Morgan fingerprint density at radius 3 is 2.48 bits per heavy atom. The number of imide groups is 1. The predicted octanol–water partition coefficient (Wildman–Crippen LogP) is 1.72. The topological polar surface area (TPSA) is 66.5 Å². The average molecular weight is 290 g/mol. The van der Waals surface area contributed by atoms with Gasteiger partial charge in [0.05, 0.1) is 0 Å². The molecule has 0 aromatic rings. The average Bonchev–Trinajstić information content (AvgIpc) is 2.78. The molecule has 2 fully saturated rings. The van der Waals surface area contributed by atoms with Gasteiger partial charge in [0.2, 0.25) is 11.8 Å². The molecule has 5 nitrogen and oxygen atoms in total. The fourth-order valence-electron chi connectivity index (χ4n) is 2.46. The molecule has 0 spiro atoms. The number of hydrogen-bond donors (Lipinski definition) is 1. The molecule has 2 saturated heterocycles. The van der Waals surface area contributed by atoms with Crippen LogP contribution in [-0.4, -0.2) is 35.2 Å². The molecule has 2 rings (SSSR count). The minimum atomic E-state index is -0.559. The van der Waals surface area contributed by atoms with Crippen LogP contribution in [0.4, 0.5) is 0 Å². The zero-order valence-electron chi connectivity index (χ0n) is 12.8. The first-order valence-electron chi connectivity index (χ1n) is 7.21. The van der Waals surface area contributed by atoms with E-state index in [1.54, 1.807) is 25.2 Å². The third-order valence-corrected chi connectivity index (χ3v) is 3.37. The SMILES string of the molecule is C=C/C=C1/CN(C2CCC(=O)NC2=O)C(=O)/C1=C/C.CC. The Balaban J connectivity index is 0.00000106. The van der Waals surface area contributed by atoms with Gasteiger partial charge in [0.1, 0.15) is 6.04 Å². The van der Waals surface area contributed by atoms with Gasteiger partial charge in [-0.25, -0.2) is 0 Å². The van der Waals surface area contributed by atoms with Gasteiger partial charge in [-0.1, -0.05) is 38.7 Å². The van der Waals surface area contributed by atoms with Crippen molar-refractivity contribution in [1.29, 1.82) is 0 Å². The molecule has 21 heavy (non-hydrogen) atoms. The van der Waals surface area contributed by atoms with Crippen molar-refractivity contribution in [1.82, 2.24) is 10.2 Å². The molecule has 114 valence electrons. The van der Waals surface area contributed by atoms with Gasteiger partial charge in [-0.2, -0.15) is 0 Å². The Labute approximate surface area is 125 Å². The molecular formula is C16H22N2O3. The molecule has 0 aliphatic carbocycles. The van der Waals surface area contributed by atoms with E-state index in [9.17, 15) is 14.4 Å². The summed E-state index contributed by atoms with van der Waals surface area (Å²) in [6, 6.07) is -0.559. The summed E-state index contributed by atoms with van der Waals surface area (Å²) in [4.78, 5) is 36.7. The van der Waals surface area contributed by atoms with Gasteiger partial charge in [-0.05, 0) is 18.9 Å². The molecule has 1 unspecified atom stereocenters. The number of hydrogen-bond acceptors (Lipinski definition) is 3. The molecule has 1 N–H and O–H groups in total. The lowest BCUT2D eigenvalue weighted by Crippen LogP contribution is -2.52. The maximum Gasteiger partial charge on any atom is 0.254 e. The van der Waals surface area contributed by atoms with Gasteiger partial charge in [0.15, 0.2) is 0 Å². The number of carbonyl (C=O) groups excluding carboxylic acids is 3. The van der Waals surface area contributed by atoms with E-state index >= 15 is 0 Å². The van der Waals surface area contributed by atoms with Crippen molar-refractivity contribution in [2.75, 3.05) is 6.54 Å². The lowest BCUT2D eigenvalue weighted by Gasteiger charge is -2.28. The summed E-state index contributed by atoms with van der Waals surface area (Å²) in [6.07, 6.45) is 5.80. The zero-order valence-corrected chi connectivity index (χ0v) is 12.8. The third kappa shape index (κ3) is 3.48. The molecule has 1 atom stereocenters. The summed E-state index contributed by atoms with van der Waals surface area (Å²) in [7, 11) is 0. The van der Waals surface area contributed by atoms with Gasteiger partial charge in [0, 0.05) is 18.5 Å². The van der Waals surface area contributed by atoms with Crippen LogP contribution >= 0.6 is 0 Å². The van der Waals surface area contributed by atoms with Gasteiger partial charge in [-0.15, -0.1) is 0 Å². The van der Waals surface area contributed by atoms with E-state index in [0.717, 1.165) is 5.57 Å². The Hall–Kier alpha value is -2.17. The van der Waals surface area contributed by atoms with Crippen molar-refractivity contribution in [2.24, 2.45) is 0 Å². The van der Waals surface area contributed by atoms with Crippen molar-refractivity contribution in [3.8, 4) is 0 Å². The molecule has 0 bridgehead atoms. The highest BCUT2D eigenvalue weighted by Gasteiger charge is 2.40. The minimum absolute atomic E-state index is 0.162. The molecule has 0 saturated carbocycles. The zero-order chi connectivity index (χ0) is 16.0. The van der Waals surface area contributed by atoms with Crippen LogP contribution in [0.3, 0.4) is 0 Å². The molecule has 2 aliphatic heterocycles. The van der Waals surface area contributed by atoms with Gasteiger partial charge in [0.25, 0.3) is 5.91 Å².